The van der Waals surface area contributed by atoms with Gasteiger partial charge in [-0.3, -0.25) is 0 Å². The van der Waals surface area contributed by atoms with Crippen LogP contribution in [0.4, 0.5) is 0 Å². The lowest BCUT2D eigenvalue weighted by molar-refractivity contribution is 0.347. The molecule has 8 heteroatoms. The second-order valence-corrected chi connectivity index (χ2v) is 7.85. The molecule has 0 amide bonds. The Labute approximate surface area is 195 Å². The van der Waals surface area contributed by atoms with Gasteiger partial charge in [0.25, 0.3) is 0 Å². The molecule has 2 N–H and O–H groups in total. The number of methoxy groups -OCH3 is 3. The van der Waals surface area contributed by atoms with Gasteiger partial charge in [-0.05, 0) is 39.0 Å². The minimum atomic E-state index is 0. The van der Waals surface area contributed by atoms with Crippen molar-refractivity contribution >= 4 is 41.3 Å². The first-order valence-electron chi connectivity index (χ1n) is 9.39. The number of rotatable bonds is 9. The molecule has 1 heterocycles. The maximum atomic E-state index is 5.50. The Bertz CT molecular complexity index is 795. The molecule has 0 aliphatic carbocycles. The lowest BCUT2D eigenvalue weighted by Gasteiger charge is -2.18. The quantitative estimate of drug-likeness (QED) is 0.285. The molecular formula is C21H32IN3O3S. The van der Waals surface area contributed by atoms with Crippen LogP contribution in [0.15, 0.2) is 29.3 Å². The fourth-order valence-electron chi connectivity index (χ4n) is 2.88. The Balaban J connectivity index is 0.00000420. The predicted octanol–water partition coefficient (Wildman–Crippen LogP) is 4.39. The number of nitrogens with one attached hydrogen (secondary N) is 2. The zero-order valence-corrected chi connectivity index (χ0v) is 21.1. The van der Waals surface area contributed by atoms with E-state index >= 15 is 0 Å². The van der Waals surface area contributed by atoms with Crippen LogP contribution in [0.25, 0.3) is 0 Å². The van der Waals surface area contributed by atoms with Crippen LogP contribution >= 0.6 is 35.3 Å². The van der Waals surface area contributed by atoms with Gasteiger partial charge in [-0.25, -0.2) is 4.99 Å². The molecule has 1 aromatic heterocycles. The molecule has 29 heavy (non-hydrogen) atoms. The number of halogens is 1. The molecule has 1 unspecified atom stereocenters. The number of aryl methyl sites for hydroxylation is 1. The molecule has 2 aromatic rings. The van der Waals surface area contributed by atoms with Gasteiger partial charge in [-0.2, -0.15) is 0 Å². The number of aliphatic imine (C=N–C) groups is 1. The van der Waals surface area contributed by atoms with Gasteiger partial charge in [-0.1, -0.05) is 0 Å². The van der Waals surface area contributed by atoms with Gasteiger partial charge in [0.1, 0.15) is 5.75 Å². The van der Waals surface area contributed by atoms with Gasteiger partial charge in [0.15, 0.2) is 17.5 Å². The summed E-state index contributed by atoms with van der Waals surface area (Å²) in [5.74, 6) is 2.80. The number of hydrogen-bond acceptors (Lipinski definition) is 5. The summed E-state index contributed by atoms with van der Waals surface area (Å²) >= 11 is 1.84. The minimum Gasteiger partial charge on any atom is -0.496 e. The van der Waals surface area contributed by atoms with Crippen LogP contribution in [0.5, 0.6) is 17.2 Å². The largest absolute Gasteiger partial charge is 0.496 e. The van der Waals surface area contributed by atoms with Gasteiger partial charge in [0, 0.05) is 40.4 Å². The summed E-state index contributed by atoms with van der Waals surface area (Å²) in [6, 6.07) is 8.35. The molecule has 0 saturated heterocycles. The average Bonchev–Trinajstić information content (AvgIpc) is 3.09. The van der Waals surface area contributed by atoms with E-state index in [2.05, 4.69) is 43.5 Å². The first-order chi connectivity index (χ1) is 13.5. The fraction of sp³-hybridized carbons (Fsp3) is 0.476. The summed E-state index contributed by atoms with van der Waals surface area (Å²) in [5.41, 5.74) is 0.930. The summed E-state index contributed by atoms with van der Waals surface area (Å²) < 4.78 is 16.2. The first kappa shape index (κ1) is 25.4. The topological polar surface area (TPSA) is 64.1 Å². The maximum Gasteiger partial charge on any atom is 0.191 e. The number of nitrogens with zero attached hydrogens (tertiary/aromatic N) is 1. The highest BCUT2D eigenvalue weighted by molar-refractivity contribution is 14.0. The molecule has 6 nitrogen and oxygen atoms in total. The summed E-state index contributed by atoms with van der Waals surface area (Å²) in [5, 5.41) is 6.79. The van der Waals surface area contributed by atoms with Gasteiger partial charge >= 0.3 is 0 Å². The monoisotopic (exact) mass is 533 g/mol. The third-order valence-corrected chi connectivity index (χ3v) is 5.25. The minimum absolute atomic E-state index is 0. The van der Waals surface area contributed by atoms with Crippen LogP contribution in [0.3, 0.4) is 0 Å². The van der Waals surface area contributed by atoms with E-state index in [9.17, 15) is 0 Å². The molecule has 0 fully saturated rings. The van der Waals surface area contributed by atoms with E-state index in [1.165, 1.54) is 9.75 Å². The number of thiophene rings is 1. The van der Waals surface area contributed by atoms with Crippen molar-refractivity contribution in [2.75, 3.05) is 27.9 Å². The van der Waals surface area contributed by atoms with Crippen molar-refractivity contribution in [3.63, 3.8) is 0 Å². The highest BCUT2D eigenvalue weighted by atomic mass is 127. The van der Waals surface area contributed by atoms with Gasteiger partial charge in [0.2, 0.25) is 0 Å². The smallest absolute Gasteiger partial charge is 0.191 e. The zero-order valence-electron chi connectivity index (χ0n) is 18.0. The zero-order chi connectivity index (χ0) is 20.5. The van der Waals surface area contributed by atoms with Gasteiger partial charge in [-0.15, -0.1) is 35.3 Å². The summed E-state index contributed by atoms with van der Waals surface area (Å²) in [4.78, 5) is 7.44. The third-order valence-electron chi connectivity index (χ3n) is 4.22. The number of benzene rings is 1. The van der Waals surface area contributed by atoms with Crippen molar-refractivity contribution in [3.05, 3.63) is 39.6 Å². The lowest BCUT2D eigenvalue weighted by Crippen LogP contribution is -2.43. The van der Waals surface area contributed by atoms with Crippen molar-refractivity contribution in [3.8, 4) is 17.2 Å². The second kappa shape index (κ2) is 12.8. The Morgan fingerprint density at radius 2 is 1.72 bits per heavy atom. The van der Waals surface area contributed by atoms with Crippen LogP contribution in [-0.4, -0.2) is 39.9 Å². The molecule has 0 radical (unpaired) electrons. The highest BCUT2D eigenvalue weighted by Crippen LogP contribution is 2.34. The molecule has 2 rings (SSSR count). The normalized spacial score (nSPS) is 12.0. The Morgan fingerprint density at radius 1 is 1.07 bits per heavy atom. The van der Waals surface area contributed by atoms with Crippen molar-refractivity contribution in [2.45, 2.75) is 39.8 Å². The summed E-state index contributed by atoms with van der Waals surface area (Å²) in [7, 11) is 4.87. The van der Waals surface area contributed by atoms with Crippen molar-refractivity contribution in [1.29, 1.82) is 0 Å². The molecular weight excluding hydrogens is 501 g/mol. The lowest BCUT2D eigenvalue weighted by atomic mass is 10.1. The first-order valence-corrected chi connectivity index (χ1v) is 10.2. The van der Waals surface area contributed by atoms with Crippen molar-refractivity contribution in [1.82, 2.24) is 10.6 Å². The van der Waals surface area contributed by atoms with E-state index in [1.54, 1.807) is 21.3 Å². The average molecular weight is 533 g/mol. The second-order valence-electron chi connectivity index (χ2n) is 6.48. The van der Waals surface area contributed by atoms with E-state index < -0.39 is 0 Å². The predicted molar refractivity (Wildman–Crippen MR) is 132 cm³/mol. The molecule has 0 bridgehead atoms. The molecule has 0 aliphatic heterocycles. The van der Waals surface area contributed by atoms with Crippen LogP contribution < -0.4 is 24.8 Å². The van der Waals surface area contributed by atoms with Gasteiger partial charge in [0.05, 0.1) is 27.9 Å². The highest BCUT2D eigenvalue weighted by Gasteiger charge is 2.13. The Hall–Kier alpha value is -1.68. The molecule has 0 aliphatic rings. The molecule has 162 valence electrons. The molecule has 1 atom stereocenters. The van der Waals surface area contributed by atoms with Gasteiger partial charge < -0.3 is 24.8 Å². The fourth-order valence-corrected chi connectivity index (χ4v) is 3.90. The summed E-state index contributed by atoms with van der Waals surface area (Å²) in [6.45, 7) is 7.61. The molecule has 0 spiro atoms. The number of ether oxygens (including phenoxy) is 3. The number of hydrogen-bond donors (Lipinski definition) is 2. The Kier molecular flexibility index (Phi) is 11.2. The van der Waals surface area contributed by atoms with E-state index in [4.69, 9.17) is 19.2 Å². The summed E-state index contributed by atoms with van der Waals surface area (Å²) in [6.07, 6.45) is 0.961. The van der Waals surface area contributed by atoms with Crippen LogP contribution in [-0.2, 0) is 13.0 Å². The van der Waals surface area contributed by atoms with Crippen LogP contribution in [0, 0.1) is 6.92 Å². The van der Waals surface area contributed by atoms with E-state index in [1.807, 2.05) is 23.5 Å². The molecule has 1 aromatic carbocycles. The van der Waals surface area contributed by atoms with E-state index in [0.29, 0.717) is 18.0 Å². The van der Waals surface area contributed by atoms with E-state index in [0.717, 1.165) is 30.2 Å². The Morgan fingerprint density at radius 3 is 2.28 bits per heavy atom. The maximum absolute atomic E-state index is 5.50. The SMILES string of the molecule is CCNC(=NCc1cc(OC)c(OC)cc1OC)NC(C)Cc1ccc(C)s1.I. The number of guanidine groups is 1. The standard InChI is InChI=1S/C21H31N3O3S.HI/c1-7-22-21(24-14(2)10-17-9-8-15(3)28-17)23-13-16-11-19(26-5)20(27-6)12-18(16)25-4;/h8-9,11-12,14H,7,10,13H2,1-6H3,(H2,22,23,24);1H. The van der Waals surface area contributed by atoms with Crippen molar-refractivity contribution < 1.29 is 14.2 Å². The molecule has 0 saturated carbocycles. The third kappa shape index (κ3) is 7.58. The van der Waals surface area contributed by atoms with Crippen molar-refractivity contribution in [2.24, 2.45) is 4.99 Å². The van der Waals surface area contributed by atoms with Crippen LogP contribution in [0.2, 0.25) is 0 Å². The van der Waals surface area contributed by atoms with E-state index in [-0.39, 0.29) is 30.0 Å². The van der Waals surface area contributed by atoms with Crippen LogP contribution in [0.1, 0.15) is 29.2 Å².